The number of carbonyl (C=O) groups excluding carboxylic acids is 1. The first-order valence-electron chi connectivity index (χ1n) is 8.14. The first-order valence-corrected chi connectivity index (χ1v) is 8.14. The van der Waals surface area contributed by atoms with Gasteiger partial charge in [0.05, 0.1) is 20.1 Å². The molecule has 0 unspecified atom stereocenters. The maximum atomic E-state index is 11.7. The maximum absolute atomic E-state index is 11.7. The summed E-state index contributed by atoms with van der Waals surface area (Å²) in [6.07, 6.45) is 5.10. The van der Waals surface area contributed by atoms with Crippen LogP contribution in [0.15, 0.2) is 12.1 Å². The molecule has 0 bridgehead atoms. The molecule has 0 aromatic heterocycles. The van der Waals surface area contributed by atoms with Crippen LogP contribution in [0.1, 0.15) is 48.3 Å². The summed E-state index contributed by atoms with van der Waals surface area (Å²) in [5.74, 6) is 6.58. The lowest BCUT2D eigenvalue weighted by molar-refractivity contribution is -0.139. The molecule has 4 heteroatoms. The summed E-state index contributed by atoms with van der Waals surface area (Å²) >= 11 is 0. The molecule has 2 N–H and O–H groups in total. The minimum Gasteiger partial charge on any atom is -0.469 e. The number of nitrogens with two attached hydrogens (primary N) is 1. The monoisotopic (exact) mass is 314 g/mol. The number of hydrogen-bond donors (Lipinski definition) is 1. The van der Waals surface area contributed by atoms with Crippen molar-refractivity contribution in [2.75, 3.05) is 33.5 Å². The van der Waals surface area contributed by atoms with Gasteiger partial charge >= 0.3 is 5.97 Å². The van der Waals surface area contributed by atoms with E-state index in [1.807, 2.05) is 25.1 Å². The van der Waals surface area contributed by atoms with E-state index in [1.54, 1.807) is 0 Å². The Morgan fingerprint density at radius 3 is 2.65 bits per heavy atom. The van der Waals surface area contributed by atoms with Crippen LogP contribution in [0.2, 0.25) is 0 Å². The average molecular weight is 314 g/mol. The van der Waals surface area contributed by atoms with Crippen molar-refractivity contribution in [2.24, 2.45) is 0 Å². The smallest absolute Gasteiger partial charge is 0.309 e. The molecule has 1 saturated carbocycles. The number of ether oxygens (including phenoxy) is 1. The van der Waals surface area contributed by atoms with Gasteiger partial charge in [-0.05, 0) is 56.1 Å². The topological polar surface area (TPSA) is 55.6 Å². The van der Waals surface area contributed by atoms with E-state index in [2.05, 4.69) is 17.9 Å². The number of nitrogen functional groups attached to an aromatic ring is 1. The van der Waals surface area contributed by atoms with Crippen molar-refractivity contribution >= 4 is 11.7 Å². The van der Waals surface area contributed by atoms with Crippen LogP contribution >= 0.6 is 0 Å². The highest BCUT2D eigenvalue weighted by Gasteiger charge is 2.22. The van der Waals surface area contributed by atoms with Crippen molar-refractivity contribution < 1.29 is 9.53 Å². The van der Waals surface area contributed by atoms with Crippen LogP contribution in [-0.2, 0) is 16.0 Å². The van der Waals surface area contributed by atoms with Crippen LogP contribution in [0, 0.1) is 11.8 Å². The van der Waals surface area contributed by atoms with Crippen molar-refractivity contribution in [1.82, 2.24) is 4.90 Å². The van der Waals surface area contributed by atoms with Gasteiger partial charge in [0.1, 0.15) is 0 Å². The summed E-state index contributed by atoms with van der Waals surface area (Å²) in [6.45, 7) is 0.697. The Kier molecular flexibility index (Phi) is 6.06. The number of carbonyl (C=O) groups is 1. The summed E-state index contributed by atoms with van der Waals surface area (Å²) in [5.41, 5.74) is 9.86. The van der Waals surface area contributed by atoms with Gasteiger partial charge in [-0.3, -0.25) is 9.69 Å². The van der Waals surface area contributed by atoms with Gasteiger partial charge in [-0.2, -0.15) is 0 Å². The van der Waals surface area contributed by atoms with Crippen LogP contribution in [0.5, 0.6) is 0 Å². The highest BCUT2D eigenvalue weighted by Crippen LogP contribution is 2.37. The molecule has 2 rings (SSSR count). The lowest BCUT2D eigenvalue weighted by Crippen LogP contribution is -2.11. The predicted octanol–water partition coefficient (Wildman–Crippen LogP) is 2.56. The number of hydrogen-bond acceptors (Lipinski definition) is 4. The normalized spacial score (nSPS) is 14.6. The number of rotatable bonds is 4. The molecular weight excluding hydrogens is 288 g/mol. The third-order valence-electron chi connectivity index (χ3n) is 4.29. The van der Waals surface area contributed by atoms with E-state index in [-0.39, 0.29) is 12.4 Å². The average Bonchev–Trinajstić information content (AvgIpc) is 3.03. The number of methoxy groups -OCH3 is 1. The molecule has 23 heavy (non-hydrogen) atoms. The predicted molar refractivity (Wildman–Crippen MR) is 93.2 cm³/mol. The van der Waals surface area contributed by atoms with Crippen LogP contribution in [0.25, 0.3) is 0 Å². The molecule has 0 radical (unpaired) electrons. The number of esters is 1. The number of anilines is 1. The number of benzene rings is 1. The molecule has 0 saturated heterocycles. The molecule has 1 aliphatic rings. The van der Waals surface area contributed by atoms with Gasteiger partial charge in [-0.15, -0.1) is 0 Å². The highest BCUT2D eigenvalue weighted by atomic mass is 16.5. The van der Waals surface area contributed by atoms with Gasteiger partial charge < -0.3 is 10.5 Å². The maximum Gasteiger partial charge on any atom is 0.309 e. The fourth-order valence-electron chi connectivity index (χ4n) is 3.08. The lowest BCUT2D eigenvalue weighted by Gasteiger charge is -2.17. The second kappa shape index (κ2) is 8.03. The molecule has 1 aliphatic carbocycles. The van der Waals surface area contributed by atoms with E-state index in [1.165, 1.54) is 38.4 Å². The van der Waals surface area contributed by atoms with E-state index in [4.69, 9.17) is 10.5 Å². The Balaban J connectivity index is 2.36. The minimum absolute atomic E-state index is 0.227. The van der Waals surface area contributed by atoms with Crippen LogP contribution in [-0.4, -0.2) is 38.6 Å². The first-order chi connectivity index (χ1) is 11.0. The molecule has 0 amide bonds. The van der Waals surface area contributed by atoms with Crippen LogP contribution in [0.4, 0.5) is 5.69 Å². The van der Waals surface area contributed by atoms with Crippen LogP contribution < -0.4 is 5.73 Å². The quantitative estimate of drug-likeness (QED) is 0.527. The Morgan fingerprint density at radius 2 is 2.04 bits per heavy atom. The van der Waals surface area contributed by atoms with Gasteiger partial charge in [0.2, 0.25) is 0 Å². The number of nitrogens with zero attached hydrogens (tertiary/aromatic N) is 1. The van der Waals surface area contributed by atoms with Gasteiger partial charge in [0.15, 0.2) is 0 Å². The van der Waals surface area contributed by atoms with Crippen molar-refractivity contribution in [3.63, 3.8) is 0 Å². The van der Waals surface area contributed by atoms with E-state index in [0.717, 1.165) is 11.1 Å². The lowest BCUT2D eigenvalue weighted by atomic mass is 9.89. The van der Waals surface area contributed by atoms with Gasteiger partial charge in [-0.25, -0.2) is 0 Å². The van der Waals surface area contributed by atoms with Gasteiger partial charge in [0.25, 0.3) is 0 Å². The van der Waals surface area contributed by atoms with Gasteiger partial charge in [0, 0.05) is 11.3 Å². The Bertz CT molecular complexity index is 620. The summed E-state index contributed by atoms with van der Waals surface area (Å²) in [5, 5.41) is 0. The zero-order valence-corrected chi connectivity index (χ0v) is 14.3. The van der Waals surface area contributed by atoms with Gasteiger partial charge in [-0.1, -0.05) is 24.7 Å². The Labute approximate surface area is 139 Å². The molecule has 0 spiro atoms. The SMILES string of the molecule is COC(=O)Cc1cc(N)c(C#CCN(C)C)cc1C1CCCC1. The summed E-state index contributed by atoms with van der Waals surface area (Å²) in [6, 6.07) is 4.00. The van der Waals surface area contributed by atoms with Crippen molar-refractivity contribution in [3.8, 4) is 11.8 Å². The molecular formula is C19H26N2O2. The molecule has 1 fully saturated rings. The molecule has 4 nitrogen and oxygen atoms in total. The Hall–Kier alpha value is -1.99. The largest absolute Gasteiger partial charge is 0.469 e. The fraction of sp³-hybridized carbons (Fsp3) is 0.526. The Morgan fingerprint density at radius 1 is 1.35 bits per heavy atom. The zero-order chi connectivity index (χ0) is 16.8. The minimum atomic E-state index is -0.227. The summed E-state index contributed by atoms with van der Waals surface area (Å²) < 4.78 is 4.82. The van der Waals surface area contributed by atoms with Crippen molar-refractivity contribution in [2.45, 2.75) is 38.0 Å². The highest BCUT2D eigenvalue weighted by molar-refractivity contribution is 5.74. The summed E-state index contributed by atoms with van der Waals surface area (Å²) in [4.78, 5) is 13.7. The zero-order valence-electron chi connectivity index (χ0n) is 14.3. The molecule has 0 heterocycles. The second-order valence-electron chi connectivity index (χ2n) is 6.41. The summed E-state index contributed by atoms with van der Waals surface area (Å²) in [7, 11) is 5.39. The van der Waals surface area contributed by atoms with Crippen molar-refractivity contribution in [1.29, 1.82) is 0 Å². The molecule has 0 atom stereocenters. The van der Waals surface area contributed by atoms with Crippen molar-refractivity contribution in [3.05, 3.63) is 28.8 Å². The second-order valence-corrected chi connectivity index (χ2v) is 6.41. The molecule has 124 valence electrons. The third-order valence-corrected chi connectivity index (χ3v) is 4.29. The standard InChI is InChI=1S/C19H26N2O2/c1-21(2)10-6-9-15-11-17(14-7-4-5-8-14)16(12-18(15)20)13-19(22)23-3/h11-12,14H,4-5,7-8,10,13,20H2,1-3H3. The molecule has 0 aliphatic heterocycles. The van der Waals surface area contributed by atoms with E-state index in [0.29, 0.717) is 18.2 Å². The van der Waals surface area contributed by atoms with E-state index in [9.17, 15) is 4.79 Å². The first kappa shape index (κ1) is 17.4. The van der Waals surface area contributed by atoms with Crippen LogP contribution in [0.3, 0.4) is 0 Å². The molecule has 1 aromatic rings. The third kappa shape index (κ3) is 4.74. The molecule has 1 aromatic carbocycles. The fourth-order valence-corrected chi connectivity index (χ4v) is 3.08. The van der Waals surface area contributed by atoms with E-state index < -0.39 is 0 Å². The van der Waals surface area contributed by atoms with E-state index >= 15 is 0 Å².